The predicted octanol–water partition coefficient (Wildman–Crippen LogP) is 1.26. The smallest absolute Gasteiger partial charge is 0.218 e. The van der Waals surface area contributed by atoms with E-state index < -0.39 is 0 Å². The van der Waals surface area contributed by atoms with Crippen molar-refractivity contribution in [3.8, 4) is 5.88 Å². The van der Waals surface area contributed by atoms with Gasteiger partial charge < -0.3 is 19.7 Å². The molecule has 108 valence electrons. The maximum absolute atomic E-state index is 5.43. The Labute approximate surface area is 115 Å². The Morgan fingerprint density at radius 2 is 2.00 bits per heavy atom. The van der Waals surface area contributed by atoms with Gasteiger partial charge in [-0.05, 0) is 13.1 Å². The van der Waals surface area contributed by atoms with Gasteiger partial charge in [-0.3, -0.25) is 0 Å². The number of aromatic nitrogens is 2. The van der Waals surface area contributed by atoms with Crippen molar-refractivity contribution < 1.29 is 9.47 Å². The van der Waals surface area contributed by atoms with Gasteiger partial charge in [-0.1, -0.05) is 13.8 Å². The van der Waals surface area contributed by atoms with E-state index in [0.717, 1.165) is 32.0 Å². The van der Waals surface area contributed by atoms with Crippen molar-refractivity contribution in [2.45, 2.75) is 13.8 Å². The Balaban J connectivity index is 2.35. The Morgan fingerprint density at radius 3 is 2.68 bits per heavy atom. The summed E-state index contributed by atoms with van der Waals surface area (Å²) in [6.45, 7) is 9.35. The molecule has 1 aromatic heterocycles. The van der Waals surface area contributed by atoms with Crippen molar-refractivity contribution >= 4 is 5.82 Å². The van der Waals surface area contributed by atoms with E-state index in [4.69, 9.17) is 9.47 Å². The minimum absolute atomic E-state index is 0.492. The molecule has 0 aliphatic heterocycles. The third-order valence-corrected chi connectivity index (χ3v) is 2.81. The van der Waals surface area contributed by atoms with E-state index in [0.29, 0.717) is 19.1 Å². The Kier molecular flexibility index (Phi) is 7.84. The lowest BCUT2D eigenvalue weighted by Gasteiger charge is -2.18. The van der Waals surface area contributed by atoms with Crippen LogP contribution in [0.2, 0.25) is 0 Å². The van der Waals surface area contributed by atoms with Crippen LogP contribution in [-0.4, -0.2) is 61.4 Å². The molecule has 0 unspecified atom stereocenters. The van der Waals surface area contributed by atoms with Crippen molar-refractivity contribution in [3.05, 3.63) is 12.4 Å². The van der Waals surface area contributed by atoms with Gasteiger partial charge in [-0.2, -0.15) is 0 Å². The highest BCUT2D eigenvalue weighted by atomic mass is 16.5. The third-order valence-electron chi connectivity index (χ3n) is 2.81. The topological polar surface area (TPSA) is 59.5 Å². The molecule has 0 saturated heterocycles. The first-order valence-electron chi connectivity index (χ1n) is 6.70. The van der Waals surface area contributed by atoms with Crippen LogP contribution >= 0.6 is 0 Å². The molecule has 0 amide bonds. The van der Waals surface area contributed by atoms with Crippen LogP contribution in [0.1, 0.15) is 13.8 Å². The molecule has 0 bridgehead atoms. The molecule has 1 rings (SSSR count). The highest BCUT2D eigenvalue weighted by Crippen LogP contribution is 2.10. The largest absolute Gasteiger partial charge is 0.475 e. The van der Waals surface area contributed by atoms with Crippen LogP contribution in [0.5, 0.6) is 5.88 Å². The number of likely N-dealkylation sites (N-methyl/N-ethyl adjacent to an activating group) is 1. The molecule has 1 N–H and O–H groups in total. The lowest BCUT2D eigenvalue weighted by atomic mass is 10.4. The number of ether oxygens (including phenoxy) is 2. The van der Waals surface area contributed by atoms with Gasteiger partial charge in [0.2, 0.25) is 5.88 Å². The van der Waals surface area contributed by atoms with Crippen LogP contribution in [0.4, 0.5) is 5.82 Å². The first-order chi connectivity index (χ1) is 9.30. The van der Waals surface area contributed by atoms with Crippen LogP contribution < -0.4 is 10.1 Å². The van der Waals surface area contributed by atoms with E-state index in [1.807, 2.05) is 0 Å². The van der Waals surface area contributed by atoms with Crippen molar-refractivity contribution in [3.63, 3.8) is 0 Å². The number of nitrogens with one attached hydrogen (secondary N) is 1. The zero-order valence-electron chi connectivity index (χ0n) is 12.1. The molecule has 0 atom stereocenters. The molecule has 0 saturated carbocycles. The molecule has 0 radical (unpaired) electrons. The van der Waals surface area contributed by atoms with E-state index in [1.54, 1.807) is 13.2 Å². The number of hydrogen-bond acceptors (Lipinski definition) is 6. The average molecular weight is 268 g/mol. The summed E-state index contributed by atoms with van der Waals surface area (Å²) in [6.07, 6.45) is 1.50. The zero-order chi connectivity index (χ0) is 13.9. The normalized spacial score (nSPS) is 10.7. The van der Waals surface area contributed by atoms with Crippen LogP contribution in [0.3, 0.4) is 0 Å². The molecule has 1 aromatic rings. The molecule has 0 spiro atoms. The quantitative estimate of drug-likeness (QED) is 0.645. The zero-order valence-corrected chi connectivity index (χ0v) is 12.1. The van der Waals surface area contributed by atoms with Crippen LogP contribution in [0, 0.1) is 0 Å². The number of rotatable bonds is 10. The van der Waals surface area contributed by atoms with Gasteiger partial charge in [0.15, 0.2) is 0 Å². The first kappa shape index (κ1) is 15.7. The summed E-state index contributed by atoms with van der Waals surface area (Å²) < 4.78 is 10.4. The minimum atomic E-state index is 0.492. The molecule has 6 heteroatoms. The van der Waals surface area contributed by atoms with Crippen LogP contribution in [0.25, 0.3) is 0 Å². The standard InChI is InChI=1S/C13H24N4O2/c1-4-17(5-2)7-6-14-12-10-13(16-11-15-12)19-9-8-18-3/h10-11H,4-9H2,1-3H3,(H,14,15,16). The lowest BCUT2D eigenvalue weighted by molar-refractivity contribution is 0.143. The van der Waals surface area contributed by atoms with Crippen molar-refractivity contribution in [2.24, 2.45) is 0 Å². The van der Waals surface area contributed by atoms with E-state index in [9.17, 15) is 0 Å². The molecule has 0 aromatic carbocycles. The van der Waals surface area contributed by atoms with Gasteiger partial charge >= 0.3 is 0 Å². The molecule has 0 aliphatic carbocycles. The lowest BCUT2D eigenvalue weighted by Crippen LogP contribution is -2.28. The maximum Gasteiger partial charge on any atom is 0.218 e. The molecule has 1 heterocycles. The van der Waals surface area contributed by atoms with Crippen molar-refractivity contribution in [1.82, 2.24) is 14.9 Å². The minimum Gasteiger partial charge on any atom is -0.475 e. The van der Waals surface area contributed by atoms with Crippen molar-refractivity contribution in [2.75, 3.05) is 51.8 Å². The molecular formula is C13H24N4O2. The van der Waals surface area contributed by atoms with Gasteiger partial charge in [0, 0.05) is 26.3 Å². The SMILES string of the molecule is CCN(CC)CCNc1cc(OCCOC)ncn1. The Morgan fingerprint density at radius 1 is 1.21 bits per heavy atom. The highest BCUT2D eigenvalue weighted by molar-refractivity contribution is 5.36. The van der Waals surface area contributed by atoms with Gasteiger partial charge in [-0.15, -0.1) is 0 Å². The average Bonchev–Trinajstić information content (AvgIpc) is 2.44. The van der Waals surface area contributed by atoms with Gasteiger partial charge in [0.05, 0.1) is 6.61 Å². The fourth-order valence-electron chi connectivity index (χ4n) is 1.63. The summed E-state index contributed by atoms with van der Waals surface area (Å²) in [4.78, 5) is 10.6. The van der Waals surface area contributed by atoms with Gasteiger partial charge in [0.25, 0.3) is 0 Å². The van der Waals surface area contributed by atoms with E-state index in [-0.39, 0.29) is 0 Å². The molecule has 19 heavy (non-hydrogen) atoms. The van der Waals surface area contributed by atoms with E-state index >= 15 is 0 Å². The van der Waals surface area contributed by atoms with Crippen LogP contribution in [-0.2, 0) is 4.74 Å². The Hall–Kier alpha value is -1.40. The summed E-state index contributed by atoms with van der Waals surface area (Å²) in [5, 5.41) is 3.27. The monoisotopic (exact) mass is 268 g/mol. The first-order valence-corrected chi connectivity index (χ1v) is 6.70. The van der Waals surface area contributed by atoms with E-state index in [1.165, 1.54) is 6.33 Å². The number of anilines is 1. The fourth-order valence-corrected chi connectivity index (χ4v) is 1.63. The second kappa shape index (κ2) is 9.52. The summed E-state index contributed by atoms with van der Waals surface area (Å²) in [5.41, 5.74) is 0. The van der Waals surface area contributed by atoms with Gasteiger partial charge in [-0.25, -0.2) is 9.97 Å². The predicted molar refractivity (Wildman–Crippen MR) is 75.7 cm³/mol. The highest BCUT2D eigenvalue weighted by Gasteiger charge is 2.01. The second-order valence-corrected chi connectivity index (χ2v) is 4.04. The summed E-state index contributed by atoms with van der Waals surface area (Å²) in [7, 11) is 1.64. The summed E-state index contributed by atoms with van der Waals surface area (Å²) in [5.74, 6) is 1.35. The maximum atomic E-state index is 5.43. The second-order valence-electron chi connectivity index (χ2n) is 4.04. The van der Waals surface area contributed by atoms with Crippen molar-refractivity contribution in [1.29, 1.82) is 0 Å². The van der Waals surface area contributed by atoms with Crippen LogP contribution in [0.15, 0.2) is 12.4 Å². The number of hydrogen-bond donors (Lipinski definition) is 1. The molecule has 6 nitrogen and oxygen atoms in total. The van der Waals surface area contributed by atoms with E-state index in [2.05, 4.69) is 34.0 Å². The number of nitrogens with zero attached hydrogens (tertiary/aromatic N) is 3. The molecular weight excluding hydrogens is 244 g/mol. The third kappa shape index (κ3) is 6.35. The number of methoxy groups -OCH3 is 1. The summed E-state index contributed by atoms with van der Waals surface area (Å²) in [6, 6.07) is 1.80. The fraction of sp³-hybridized carbons (Fsp3) is 0.692. The molecule has 0 aliphatic rings. The summed E-state index contributed by atoms with van der Waals surface area (Å²) >= 11 is 0. The Bertz CT molecular complexity index is 345. The van der Waals surface area contributed by atoms with Gasteiger partial charge in [0.1, 0.15) is 18.8 Å². The molecule has 0 fully saturated rings.